The predicted molar refractivity (Wildman–Crippen MR) is 153 cm³/mol. The Labute approximate surface area is 229 Å². The average molecular weight is 533 g/mol. The minimum atomic E-state index is -0.571. The molecule has 7 heteroatoms. The quantitative estimate of drug-likeness (QED) is 0.154. The molecule has 1 unspecified atom stereocenters. The first-order valence-electron chi connectivity index (χ1n) is 12.7. The fraction of sp³-hybridized carbons (Fsp3) is 0.0938. The van der Waals surface area contributed by atoms with Crippen molar-refractivity contribution < 1.29 is 9.18 Å². The number of aryl methyl sites for hydroxylation is 1. The summed E-state index contributed by atoms with van der Waals surface area (Å²) in [5, 5.41) is 9.77. The molecule has 6 aromatic rings. The number of ketones is 1. The van der Waals surface area contributed by atoms with Crippen LogP contribution in [0.2, 0.25) is 0 Å². The van der Waals surface area contributed by atoms with Crippen LogP contribution in [0.5, 0.6) is 0 Å². The molecule has 0 radical (unpaired) electrons. The van der Waals surface area contributed by atoms with E-state index in [1.165, 1.54) is 17.8 Å². The summed E-state index contributed by atoms with van der Waals surface area (Å²) >= 11 is 1.34. The maximum absolute atomic E-state index is 14.9. The summed E-state index contributed by atoms with van der Waals surface area (Å²) in [7, 11) is 0. The number of halogens is 1. The van der Waals surface area contributed by atoms with Crippen LogP contribution in [-0.2, 0) is 13.0 Å². The van der Waals surface area contributed by atoms with Gasteiger partial charge in [0.15, 0.2) is 16.8 Å². The molecule has 2 aromatic heterocycles. The standard InChI is InChI=1S/C32H25FN4OS/c33-27-17-9-7-16-25(27)31-35-36-32(37(31)20-19-22-11-3-1-4-12-22)39-30(23-13-5-2-6-14-23)29(38)26-21-34-28-18-10-8-15-24(26)28/h1-18,21,30,34H,19-20H2. The number of aromatic amines is 1. The van der Waals surface area contributed by atoms with Crippen LogP contribution < -0.4 is 0 Å². The van der Waals surface area contributed by atoms with Crippen molar-refractivity contribution in [2.45, 2.75) is 23.4 Å². The van der Waals surface area contributed by atoms with E-state index in [2.05, 4.69) is 27.3 Å². The number of aromatic nitrogens is 4. The second kappa shape index (κ2) is 11.1. The summed E-state index contributed by atoms with van der Waals surface area (Å²) in [5.74, 6) is 0.0449. The van der Waals surface area contributed by atoms with Gasteiger partial charge in [0, 0.05) is 29.2 Å². The summed E-state index contributed by atoms with van der Waals surface area (Å²) in [6.07, 6.45) is 2.48. The number of nitrogens with zero attached hydrogens (tertiary/aromatic N) is 3. The Hall–Kier alpha value is -4.49. The number of fused-ring (bicyclic) bond motifs is 1. The van der Waals surface area contributed by atoms with Gasteiger partial charge < -0.3 is 9.55 Å². The van der Waals surface area contributed by atoms with Gasteiger partial charge in [-0.25, -0.2) is 4.39 Å². The van der Waals surface area contributed by atoms with Gasteiger partial charge in [0.05, 0.1) is 5.56 Å². The molecule has 6 rings (SSSR count). The number of Topliss-reactive ketones (excluding diaryl/α,β-unsaturated/α-hetero) is 1. The predicted octanol–water partition coefficient (Wildman–Crippen LogP) is 7.52. The molecule has 0 aliphatic carbocycles. The largest absolute Gasteiger partial charge is 0.360 e. The number of benzene rings is 4. The first-order valence-corrected chi connectivity index (χ1v) is 13.6. The van der Waals surface area contributed by atoms with Crippen LogP contribution in [0.3, 0.4) is 0 Å². The van der Waals surface area contributed by atoms with Gasteiger partial charge in [0.25, 0.3) is 0 Å². The van der Waals surface area contributed by atoms with Crippen LogP contribution in [0.1, 0.15) is 26.7 Å². The Balaban J connectivity index is 1.41. The Bertz CT molecular complexity index is 1730. The van der Waals surface area contributed by atoms with E-state index in [9.17, 15) is 9.18 Å². The third kappa shape index (κ3) is 5.13. The lowest BCUT2D eigenvalue weighted by Gasteiger charge is -2.17. The number of carbonyl (C=O) groups is 1. The van der Waals surface area contributed by atoms with E-state index in [0.29, 0.717) is 35.1 Å². The first-order chi connectivity index (χ1) is 19.2. The van der Waals surface area contributed by atoms with E-state index < -0.39 is 5.25 Å². The lowest BCUT2D eigenvalue weighted by atomic mass is 10.0. The monoisotopic (exact) mass is 532 g/mol. The molecule has 0 spiro atoms. The fourth-order valence-corrected chi connectivity index (χ4v) is 5.86. The molecule has 4 aromatic carbocycles. The van der Waals surface area contributed by atoms with Gasteiger partial charge in [0.1, 0.15) is 11.1 Å². The topological polar surface area (TPSA) is 63.6 Å². The molecule has 2 heterocycles. The molecule has 0 saturated carbocycles. The zero-order chi connectivity index (χ0) is 26.6. The summed E-state index contributed by atoms with van der Waals surface area (Å²) in [6.45, 7) is 0.534. The van der Waals surface area contributed by atoms with Crippen LogP contribution in [0.4, 0.5) is 4.39 Å². The first kappa shape index (κ1) is 24.8. The molecule has 192 valence electrons. The van der Waals surface area contributed by atoms with Crippen LogP contribution in [0, 0.1) is 5.82 Å². The second-order valence-corrected chi connectivity index (χ2v) is 10.3. The third-order valence-corrected chi connectivity index (χ3v) is 7.95. The smallest absolute Gasteiger partial charge is 0.192 e. The SMILES string of the molecule is O=C(c1c[nH]c2ccccc12)C(Sc1nnc(-c2ccccc2F)n1CCc1ccccc1)c1ccccc1. The summed E-state index contributed by atoms with van der Waals surface area (Å²) in [5.41, 5.74) is 3.92. The second-order valence-electron chi connectivity index (χ2n) is 9.19. The van der Waals surface area contributed by atoms with Crippen LogP contribution in [-0.4, -0.2) is 25.5 Å². The average Bonchev–Trinajstić information content (AvgIpc) is 3.60. The molecule has 0 aliphatic heterocycles. The number of hydrogen-bond acceptors (Lipinski definition) is 4. The summed E-state index contributed by atoms with van der Waals surface area (Å²) in [6, 6.07) is 34.1. The van der Waals surface area contributed by atoms with E-state index in [1.54, 1.807) is 24.4 Å². The molecule has 0 fully saturated rings. The van der Waals surface area contributed by atoms with Gasteiger partial charge in [-0.2, -0.15) is 0 Å². The zero-order valence-electron chi connectivity index (χ0n) is 21.0. The number of carbonyl (C=O) groups excluding carboxylic acids is 1. The minimum Gasteiger partial charge on any atom is -0.360 e. The summed E-state index contributed by atoms with van der Waals surface area (Å²) < 4.78 is 16.8. The Morgan fingerprint density at radius 1 is 0.846 bits per heavy atom. The number of hydrogen-bond donors (Lipinski definition) is 1. The van der Waals surface area contributed by atoms with E-state index >= 15 is 0 Å². The van der Waals surface area contributed by atoms with Crippen LogP contribution in [0.25, 0.3) is 22.3 Å². The number of nitrogens with one attached hydrogen (secondary N) is 1. The Morgan fingerprint density at radius 2 is 1.54 bits per heavy atom. The van der Waals surface area contributed by atoms with Crippen molar-refractivity contribution in [3.05, 3.63) is 138 Å². The van der Waals surface area contributed by atoms with E-state index in [1.807, 2.05) is 77.4 Å². The van der Waals surface area contributed by atoms with E-state index in [0.717, 1.165) is 22.0 Å². The summed E-state index contributed by atoms with van der Waals surface area (Å²) in [4.78, 5) is 17.3. The number of rotatable bonds is 9. The minimum absolute atomic E-state index is 0.0336. The number of H-pyrrole nitrogens is 1. The van der Waals surface area contributed by atoms with Gasteiger partial charge in [0.2, 0.25) is 0 Å². The molecule has 1 atom stereocenters. The maximum Gasteiger partial charge on any atom is 0.192 e. The Kier molecular flexibility index (Phi) is 7.06. The van der Waals surface area contributed by atoms with Crippen molar-refractivity contribution in [2.75, 3.05) is 0 Å². The van der Waals surface area contributed by atoms with Crippen molar-refractivity contribution in [3.8, 4) is 11.4 Å². The van der Waals surface area contributed by atoms with E-state index in [-0.39, 0.29) is 11.6 Å². The number of para-hydroxylation sites is 1. The van der Waals surface area contributed by atoms with Gasteiger partial charge in [-0.05, 0) is 35.7 Å². The van der Waals surface area contributed by atoms with Gasteiger partial charge in [-0.3, -0.25) is 4.79 Å². The molecule has 0 amide bonds. The molecule has 1 N–H and O–H groups in total. The molecule has 39 heavy (non-hydrogen) atoms. The highest BCUT2D eigenvalue weighted by Crippen LogP contribution is 2.39. The maximum atomic E-state index is 14.9. The Morgan fingerprint density at radius 3 is 2.33 bits per heavy atom. The highest BCUT2D eigenvalue weighted by molar-refractivity contribution is 8.00. The van der Waals surface area contributed by atoms with Crippen LogP contribution >= 0.6 is 11.8 Å². The van der Waals surface area contributed by atoms with Gasteiger partial charge in [-0.15, -0.1) is 10.2 Å². The van der Waals surface area contributed by atoms with Crippen molar-refractivity contribution in [1.29, 1.82) is 0 Å². The molecule has 0 aliphatic rings. The molecule has 0 saturated heterocycles. The fourth-order valence-electron chi connectivity index (χ4n) is 4.73. The number of thioether (sulfide) groups is 1. The van der Waals surface area contributed by atoms with Crippen molar-refractivity contribution in [2.24, 2.45) is 0 Å². The molecular weight excluding hydrogens is 507 g/mol. The van der Waals surface area contributed by atoms with E-state index in [4.69, 9.17) is 0 Å². The van der Waals surface area contributed by atoms with Crippen molar-refractivity contribution in [1.82, 2.24) is 19.7 Å². The van der Waals surface area contributed by atoms with Gasteiger partial charge >= 0.3 is 0 Å². The molecule has 5 nitrogen and oxygen atoms in total. The molecule has 0 bridgehead atoms. The van der Waals surface area contributed by atoms with Crippen LogP contribution in [0.15, 0.2) is 121 Å². The normalized spacial score (nSPS) is 12.0. The highest BCUT2D eigenvalue weighted by Gasteiger charge is 2.29. The van der Waals surface area contributed by atoms with Gasteiger partial charge in [-0.1, -0.05) is 103 Å². The molecular formula is C32H25FN4OS. The van der Waals surface area contributed by atoms with Crippen molar-refractivity contribution in [3.63, 3.8) is 0 Å². The van der Waals surface area contributed by atoms with Crippen molar-refractivity contribution >= 4 is 28.4 Å². The third-order valence-electron chi connectivity index (χ3n) is 6.72. The lowest BCUT2D eigenvalue weighted by Crippen LogP contribution is -2.12. The lowest BCUT2D eigenvalue weighted by molar-refractivity contribution is 0.0991. The zero-order valence-corrected chi connectivity index (χ0v) is 21.8. The highest BCUT2D eigenvalue weighted by atomic mass is 32.2.